The molecule has 0 aliphatic carbocycles. The van der Waals surface area contributed by atoms with E-state index in [0.717, 1.165) is 13.1 Å². The van der Waals surface area contributed by atoms with Crippen molar-refractivity contribution in [3.8, 4) is 0 Å². The number of aromatic amines is 1. The fourth-order valence-corrected chi connectivity index (χ4v) is 2.04. The van der Waals surface area contributed by atoms with E-state index in [1.165, 1.54) is 0 Å². The number of fused-ring (bicyclic) bond motifs is 1. The van der Waals surface area contributed by atoms with E-state index in [1.807, 2.05) is 14.1 Å². The number of nitrogens with one attached hydrogen (secondary N) is 2. The Morgan fingerprint density at radius 2 is 2.26 bits per heavy atom. The lowest BCUT2D eigenvalue weighted by Crippen LogP contribution is -2.28. The molecule has 1 aromatic carbocycles. The Morgan fingerprint density at radius 1 is 1.47 bits per heavy atom. The molecule has 0 spiro atoms. The Labute approximate surface area is 116 Å². The van der Waals surface area contributed by atoms with Crippen LogP contribution in [0.4, 0.5) is 0 Å². The third kappa shape index (κ3) is 3.53. The highest BCUT2D eigenvalue weighted by molar-refractivity contribution is 6.31. The molecule has 0 radical (unpaired) electrons. The number of rotatable bonds is 5. The zero-order valence-electron chi connectivity index (χ0n) is 11.0. The van der Waals surface area contributed by atoms with Crippen molar-refractivity contribution in [2.75, 3.05) is 27.2 Å². The van der Waals surface area contributed by atoms with Gasteiger partial charge in [0.15, 0.2) is 0 Å². The highest BCUT2D eigenvalue weighted by Crippen LogP contribution is 2.14. The van der Waals surface area contributed by atoms with Gasteiger partial charge in [0, 0.05) is 18.1 Å². The monoisotopic (exact) mass is 280 g/mol. The van der Waals surface area contributed by atoms with Crippen LogP contribution in [0.5, 0.6) is 0 Å². The molecule has 0 atom stereocenters. The van der Waals surface area contributed by atoms with Crippen LogP contribution in [-0.2, 0) is 6.54 Å². The van der Waals surface area contributed by atoms with Gasteiger partial charge in [0.1, 0.15) is 5.82 Å². The molecular weight excluding hydrogens is 264 g/mol. The molecule has 0 saturated carbocycles. The minimum Gasteiger partial charge on any atom is -0.318 e. The van der Waals surface area contributed by atoms with Crippen LogP contribution in [0.15, 0.2) is 23.0 Å². The molecule has 0 aliphatic rings. The van der Waals surface area contributed by atoms with Crippen molar-refractivity contribution < 1.29 is 0 Å². The summed E-state index contributed by atoms with van der Waals surface area (Å²) >= 11 is 5.88. The van der Waals surface area contributed by atoms with Gasteiger partial charge in [0.25, 0.3) is 5.56 Å². The minimum absolute atomic E-state index is 0.149. The van der Waals surface area contributed by atoms with E-state index >= 15 is 0 Å². The van der Waals surface area contributed by atoms with Gasteiger partial charge in [0.05, 0.1) is 17.4 Å². The summed E-state index contributed by atoms with van der Waals surface area (Å²) in [7, 11) is 3.90. The molecule has 0 saturated heterocycles. The van der Waals surface area contributed by atoms with Gasteiger partial charge >= 0.3 is 0 Å². The molecule has 0 amide bonds. The molecule has 102 valence electrons. The van der Waals surface area contributed by atoms with Gasteiger partial charge in [-0.1, -0.05) is 11.6 Å². The summed E-state index contributed by atoms with van der Waals surface area (Å²) in [6, 6.07) is 5.14. The maximum absolute atomic E-state index is 12.0. The van der Waals surface area contributed by atoms with E-state index in [4.69, 9.17) is 11.6 Å². The summed E-state index contributed by atoms with van der Waals surface area (Å²) in [5, 5.41) is 4.15. The zero-order chi connectivity index (χ0) is 13.8. The summed E-state index contributed by atoms with van der Waals surface area (Å²) in [4.78, 5) is 21.3. The van der Waals surface area contributed by atoms with Gasteiger partial charge in [0.2, 0.25) is 0 Å². The second-order valence-corrected chi connectivity index (χ2v) is 4.95. The molecule has 2 N–H and O–H groups in total. The van der Waals surface area contributed by atoms with E-state index in [9.17, 15) is 4.79 Å². The molecule has 0 aliphatic heterocycles. The summed E-state index contributed by atoms with van der Waals surface area (Å²) in [6.45, 7) is 2.39. The molecule has 5 nitrogen and oxygen atoms in total. The van der Waals surface area contributed by atoms with E-state index in [-0.39, 0.29) is 5.56 Å². The van der Waals surface area contributed by atoms with E-state index in [1.54, 1.807) is 18.2 Å². The number of nitrogens with zero attached hydrogens (tertiary/aromatic N) is 2. The van der Waals surface area contributed by atoms with Crippen LogP contribution in [0.3, 0.4) is 0 Å². The molecule has 0 unspecified atom stereocenters. The summed E-state index contributed by atoms with van der Waals surface area (Å²) in [6.07, 6.45) is 0. The van der Waals surface area contributed by atoms with Crippen LogP contribution in [-0.4, -0.2) is 42.1 Å². The molecule has 0 fully saturated rings. The van der Waals surface area contributed by atoms with Crippen molar-refractivity contribution in [2.45, 2.75) is 6.54 Å². The minimum atomic E-state index is -0.149. The SMILES string of the molecule is CNCCN(C)Cc1nc2ccc(Cl)cc2c(=O)[nH]1. The third-order valence-corrected chi connectivity index (χ3v) is 3.11. The molecule has 1 heterocycles. The Kier molecular flexibility index (Phi) is 4.52. The average Bonchev–Trinajstić information content (AvgIpc) is 2.37. The van der Waals surface area contributed by atoms with Crippen molar-refractivity contribution in [3.05, 3.63) is 39.4 Å². The Bertz CT molecular complexity index is 626. The molecule has 0 bridgehead atoms. The molecule has 19 heavy (non-hydrogen) atoms. The zero-order valence-corrected chi connectivity index (χ0v) is 11.8. The van der Waals surface area contributed by atoms with E-state index in [2.05, 4.69) is 20.2 Å². The third-order valence-electron chi connectivity index (χ3n) is 2.88. The van der Waals surface area contributed by atoms with Crippen LogP contribution < -0.4 is 10.9 Å². The summed E-state index contributed by atoms with van der Waals surface area (Å²) in [5.41, 5.74) is 0.523. The normalized spacial score (nSPS) is 11.4. The maximum atomic E-state index is 12.0. The first-order valence-corrected chi connectivity index (χ1v) is 6.49. The highest BCUT2D eigenvalue weighted by atomic mass is 35.5. The largest absolute Gasteiger partial charge is 0.318 e. The first-order valence-electron chi connectivity index (χ1n) is 6.12. The molecule has 1 aromatic heterocycles. The predicted octanol–water partition coefficient (Wildman–Crippen LogP) is 1.23. The van der Waals surface area contributed by atoms with Crippen LogP contribution >= 0.6 is 11.6 Å². The van der Waals surface area contributed by atoms with E-state index < -0.39 is 0 Å². The lowest BCUT2D eigenvalue weighted by atomic mass is 10.2. The molecule has 2 rings (SSSR count). The smallest absolute Gasteiger partial charge is 0.258 e. The molecule has 6 heteroatoms. The second kappa shape index (κ2) is 6.14. The topological polar surface area (TPSA) is 61.0 Å². The lowest BCUT2D eigenvalue weighted by molar-refractivity contribution is 0.320. The number of likely N-dealkylation sites (N-methyl/N-ethyl adjacent to an activating group) is 2. The van der Waals surface area contributed by atoms with Crippen molar-refractivity contribution in [3.63, 3.8) is 0 Å². The number of hydrogen-bond donors (Lipinski definition) is 2. The molecule has 2 aromatic rings. The second-order valence-electron chi connectivity index (χ2n) is 4.52. The number of halogens is 1. The Morgan fingerprint density at radius 3 is 3.00 bits per heavy atom. The van der Waals surface area contributed by atoms with Gasteiger partial charge in [-0.3, -0.25) is 9.69 Å². The maximum Gasteiger partial charge on any atom is 0.258 e. The summed E-state index contributed by atoms with van der Waals surface area (Å²) < 4.78 is 0. The van der Waals surface area contributed by atoms with Crippen LogP contribution in [0.25, 0.3) is 10.9 Å². The van der Waals surface area contributed by atoms with Crippen LogP contribution in [0.1, 0.15) is 5.82 Å². The molecular formula is C13H17ClN4O. The van der Waals surface area contributed by atoms with Gasteiger partial charge in [-0.25, -0.2) is 4.98 Å². The van der Waals surface area contributed by atoms with Gasteiger partial charge in [-0.2, -0.15) is 0 Å². The number of hydrogen-bond acceptors (Lipinski definition) is 4. The van der Waals surface area contributed by atoms with Crippen molar-refractivity contribution in [2.24, 2.45) is 0 Å². The highest BCUT2D eigenvalue weighted by Gasteiger charge is 2.06. The van der Waals surface area contributed by atoms with Crippen molar-refractivity contribution >= 4 is 22.5 Å². The Hall–Kier alpha value is -1.43. The quantitative estimate of drug-likeness (QED) is 0.865. The number of H-pyrrole nitrogens is 1. The lowest BCUT2D eigenvalue weighted by Gasteiger charge is -2.15. The van der Waals surface area contributed by atoms with Gasteiger partial charge in [-0.05, 0) is 32.3 Å². The van der Waals surface area contributed by atoms with E-state index in [0.29, 0.717) is 28.3 Å². The summed E-state index contributed by atoms with van der Waals surface area (Å²) in [5.74, 6) is 0.665. The fraction of sp³-hybridized carbons (Fsp3) is 0.385. The predicted molar refractivity (Wildman–Crippen MR) is 77.6 cm³/mol. The van der Waals surface area contributed by atoms with Gasteiger partial charge < -0.3 is 10.3 Å². The van der Waals surface area contributed by atoms with Crippen LogP contribution in [0, 0.1) is 0 Å². The first-order chi connectivity index (χ1) is 9.10. The number of aromatic nitrogens is 2. The standard InChI is InChI=1S/C13H17ClN4O/c1-15-5-6-18(2)8-12-16-11-4-3-9(14)7-10(11)13(19)17-12/h3-4,7,15H,5-6,8H2,1-2H3,(H,16,17,19). The average molecular weight is 281 g/mol. The van der Waals surface area contributed by atoms with Crippen molar-refractivity contribution in [1.82, 2.24) is 20.2 Å². The van der Waals surface area contributed by atoms with Gasteiger partial charge in [-0.15, -0.1) is 0 Å². The fourth-order valence-electron chi connectivity index (χ4n) is 1.87. The van der Waals surface area contributed by atoms with Crippen LogP contribution in [0.2, 0.25) is 5.02 Å². The first kappa shape index (κ1) is 14.0. The number of benzene rings is 1. The van der Waals surface area contributed by atoms with Crippen molar-refractivity contribution in [1.29, 1.82) is 0 Å². The Balaban J connectivity index is 2.26.